The summed E-state index contributed by atoms with van der Waals surface area (Å²) in [6.07, 6.45) is 1.74. The summed E-state index contributed by atoms with van der Waals surface area (Å²) in [5.41, 5.74) is 3.08. The fourth-order valence-corrected chi connectivity index (χ4v) is 2.50. The maximum Gasteiger partial charge on any atom is 0.161 e. The van der Waals surface area contributed by atoms with Gasteiger partial charge in [-0.25, -0.2) is 0 Å². The summed E-state index contributed by atoms with van der Waals surface area (Å²) in [5.74, 6) is 0. The molecule has 0 N–H and O–H groups in total. The molecule has 3 nitrogen and oxygen atoms in total. The highest BCUT2D eigenvalue weighted by atomic mass is 16.3. The third-order valence-electron chi connectivity index (χ3n) is 3.48. The van der Waals surface area contributed by atoms with E-state index in [0.29, 0.717) is 16.7 Å². The van der Waals surface area contributed by atoms with Crippen LogP contribution >= 0.6 is 0 Å². The molecule has 0 amide bonds. The quantitative estimate of drug-likeness (QED) is 0.511. The number of nitrogens with zero attached hydrogens (tertiary/aromatic N) is 2. The second-order valence-electron chi connectivity index (χ2n) is 4.73. The molecule has 4 aromatic rings. The van der Waals surface area contributed by atoms with E-state index in [9.17, 15) is 0 Å². The Kier molecular flexibility index (Phi) is 2.26. The van der Waals surface area contributed by atoms with Gasteiger partial charge in [-0.1, -0.05) is 30.3 Å². The van der Waals surface area contributed by atoms with Gasteiger partial charge in [-0.2, -0.15) is 5.26 Å². The van der Waals surface area contributed by atoms with Crippen molar-refractivity contribution in [2.24, 2.45) is 0 Å². The van der Waals surface area contributed by atoms with Crippen LogP contribution in [-0.4, -0.2) is 4.98 Å². The van der Waals surface area contributed by atoms with Crippen LogP contribution in [0.4, 0.5) is 0 Å². The Bertz CT molecular complexity index is 1050. The van der Waals surface area contributed by atoms with Gasteiger partial charge in [0.15, 0.2) is 5.58 Å². The number of aromatic nitrogens is 1. The summed E-state index contributed by atoms with van der Waals surface area (Å²) in [7, 11) is 0. The number of rotatable bonds is 1. The van der Waals surface area contributed by atoms with E-state index in [4.69, 9.17) is 11.0 Å². The van der Waals surface area contributed by atoms with Crippen LogP contribution in [0.5, 0.6) is 0 Å². The molecule has 4 rings (SSSR count). The van der Waals surface area contributed by atoms with Crippen LogP contribution in [0, 0.1) is 11.3 Å². The van der Waals surface area contributed by atoms with Gasteiger partial charge in [0.25, 0.3) is 0 Å². The minimum absolute atomic E-state index is 0.121. The van der Waals surface area contributed by atoms with Gasteiger partial charge in [0, 0.05) is 22.5 Å². The number of hydrogen-bond donors (Lipinski definition) is 0. The highest BCUT2D eigenvalue weighted by Crippen LogP contribution is 2.34. The van der Waals surface area contributed by atoms with E-state index in [1.54, 1.807) is 12.3 Å². The monoisotopic (exact) mass is 271 g/mol. The molecule has 2 aromatic carbocycles. The Morgan fingerprint density at radius 3 is 2.71 bits per heavy atom. The molecule has 0 aliphatic heterocycles. The van der Waals surface area contributed by atoms with E-state index >= 15 is 0 Å². The molecule has 0 atom stereocenters. The van der Waals surface area contributed by atoms with Crippen molar-refractivity contribution in [3.8, 4) is 17.3 Å². The summed E-state index contributed by atoms with van der Waals surface area (Å²) in [6.45, 7) is 0. The Labute approximate surface area is 122 Å². The third-order valence-corrected chi connectivity index (χ3v) is 3.48. The number of fused-ring (bicyclic) bond motifs is 3. The molecule has 0 spiro atoms. The van der Waals surface area contributed by atoms with Gasteiger partial charge in [0.2, 0.25) is 0 Å². The fraction of sp³-hybridized carbons (Fsp3) is 0. The molecule has 21 heavy (non-hydrogen) atoms. The Balaban J connectivity index is 2.12. The molecule has 2 aromatic heterocycles. The van der Waals surface area contributed by atoms with Crippen LogP contribution in [-0.2, 0) is 0 Å². The van der Waals surface area contributed by atoms with E-state index in [1.807, 2.05) is 48.5 Å². The molecule has 0 radical (unpaired) electrons. The van der Waals surface area contributed by atoms with Gasteiger partial charge in [-0.05, 0) is 24.2 Å². The maximum atomic E-state index is 9.06. The molecule has 0 saturated heterocycles. The van der Waals surface area contributed by atoms with Gasteiger partial charge >= 0.3 is 0 Å². The van der Waals surface area contributed by atoms with Gasteiger partial charge in [0.05, 0.1) is 13.0 Å². The van der Waals surface area contributed by atoms with Crippen molar-refractivity contribution in [3.63, 3.8) is 0 Å². The molecule has 98 valence electrons. The van der Waals surface area contributed by atoms with Crippen molar-refractivity contribution in [1.29, 1.82) is 5.26 Å². The topological polar surface area (TPSA) is 49.8 Å². The zero-order valence-corrected chi connectivity index (χ0v) is 11.0. The zero-order chi connectivity index (χ0) is 15.1. The second-order valence-corrected chi connectivity index (χ2v) is 4.73. The van der Waals surface area contributed by atoms with Crippen molar-refractivity contribution in [2.45, 2.75) is 0 Å². The summed E-state index contributed by atoms with van der Waals surface area (Å²) in [4.78, 5) is 4.42. The standard InChI is InChI=1S/C18H10N2O/c19-11-12-6-7-14-15-8-9-20-17(13-4-2-1-3-5-13)18(15)21-16(14)10-12/h1-10H/i10D. The normalized spacial score (nSPS) is 11.5. The van der Waals surface area contributed by atoms with Crippen molar-refractivity contribution in [1.82, 2.24) is 4.98 Å². The van der Waals surface area contributed by atoms with Crippen molar-refractivity contribution in [3.05, 3.63) is 66.3 Å². The van der Waals surface area contributed by atoms with Crippen LogP contribution in [0.25, 0.3) is 33.2 Å². The Morgan fingerprint density at radius 2 is 1.90 bits per heavy atom. The maximum absolute atomic E-state index is 9.06. The Hall–Kier alpha value is -3.12. The average Bonchev–Trinajstić information content (AvgIpc) is 2.96. The first kappa shape index (κ1) is 10.6. The fourth-order valence-electron chi connectivity index (χ4n) is 2.50. The predicted molar refractivity (Wildman–Crippen MR) is 81.7 cm³/mol. The smallest absolute Gasteiger partial charge is 0.161 e. The number of hydrogen-bond acceptors (Lipinski definition) is 3. The molecule has 0 fully saturated rings. The van der Waals surface area contributed by atoms with E-state index < -0.39 is 0 Å². The van der Waals surface area contributed by atoms with Gasteiger partial charge in [-0.3, -0.25) is 4.98 Å². The number of benzene rings is 2. The molecule has 0 bridgehead atoms. The average molecular weight is 271 g/mol. The van der Waals surface area contributed by atoms with E-state index in [-0.39, 0.29) is 6.04 Å². The summed E-state index contributed by atoms with van der Waals surface area (Å²) in [5, 5.41) is 10.8. The van der Waals surface area contributed by atoms with Crippen molar-refractivity contribution in [2.75, 3.05) is 0 Å². The third kappa shape index (κ3) is 1.78. The minimum atomic E-state index is 0.121. The van der Waals surface area contributed by atoms with Crippen LogP contribution in [0.15, 0.2) is 65.2 Å². The van der Waals surface area contributed by atoms with Gasteiger partial charge in [0.1, 0.15) is 11.3 Å². The van der Waals surface area contributed by atoms with Crippen LogP contribution in [0.3, 0.4) is 0 Å². The molecule has 0 aliphatic carbocycles. The first-order chi connectivity index (χ1) is 10.8. The molecule has 0 aliphatic rings. The first-order valence-corrected chi connectivity index (χ1v) is 6.56. The van der Waals surface area contributed by atoms with E-state index in [1.165, 1.54) is 0 Å². The van der Waals surface area contributed by atoms with Crippen LogP contribution in [0.2, 0.25) is 0 Å². The largest absolute Gasteiger partial charge is 0.454 e. The summed E-state index contributed by atoms with van der Waals surface area (Å²) < 4.78 is 14.0. The molecular weight excluding hydrogens is 260 g/mol. The van der Waals surface area contributed by atoms with Gasteiger partial charge in [-0.15, -0.1) is 0 Å². The molecule has 0 unspecified atom stereocenters. The lowest BCUT2D eigenvalue weighted by Gasteiger charge is -2.00. The lowest BCUT2D eigenvalue weighted by molar-refractivity contribution is 0.668. The van der Waals surface area contributed by atoms with Crippen molar-refractivity contribution >= 4 is 21.9 Å². The molecular formula is C18H10N2O. The second kappa shape index (κ2) is 4.46. The highest BCUT2D eigenvalue weighted by molar-refractivity contribution is 6.08. The number of furan rings is 1. The molecule has 0 saturated carbocycles. The highest BCUT2D eigenvalue weighted by Gasteiger charge is 2.13. The molecule has 2 heterocycles. The van der Waals surface area contributed by atoms with Crippen molar-refractivity contribution < 1.29 is 5.79 Å². The zero-order valence-electron chi connectivity index (χ0n) is 12.0. The number of pyridine rings is 1. The lowest BCUT2D eigenvalue weighted by Crippen LogP contribution is -1.82. The first-order valence-electron chi connectivity index (χ1n) is 7.06. The van der Waals surface area contributed by atoms with E-state index in [0.717, 1.165) is 22.0 Å². The summed E-state index contributed by atoms with van der Waals surface area (Å²) >= 11 is 0. The molecule has 3 heteroatoms. The van der Waals surface area contributed by atoms with Crippen LogP contribution < -0.4 is 0 Å². The lowest BCUT2D eigenvalue weighted by atomic mass is 10.1. The van der Waals surface area contributed by atoms with Crippen LogP contribution in [0.1, 0.15) is 6.93 Å². The summed E-state index contributed by atoms with van der Waals surface area (Å²) in [6, 6.07) is 17.3. The van der Waals surface area contributed by atoms with Gasteiger partial charge < -0.3 is 4.42 Å². The SMILES string of the molecule is [2H]c1c(C#N)ccc2c1oc1c(-c3ccccc3)nccc12. The number of nitriles is 1. The minimum Gasteiger partial charge on any atom is -0.454 e. The predicted octanol–water partition coefficient (Wildman–Crippen LogP) is 4.52. The van der Waals surface area contributed by atoms with E-state index in [2.05, 4.69) is 4.98 Å². The Morgan fingerprint density at radius 1 is 1.05 bits per heavy atom.